The minimum absolute atomic E-state index is 0.114. The summed E-state index contributed by atoms with van der Waals surface area (Å²) in [6, 6.07) is 19.8. The lowest BCUT2D eigenvalue weighted by Gasteiger charge is -2.51. The summed E-state index contributed by atoms with van der Waals surface area (Å²) in [6.45, 7) is 1.64. The molecule has 0 aliphatic heterocycles. The van der Waals surface area contributed by atoms with Gasteiger partial charge in [-0.15, -0.1) is 0 Å². The number of rotatable bonds is 7. The van der Waals surface area contributed by atoms with Gasteiger partial charge in [-0.1, -0.05) is 78.4 Å². The van der Waals surface area contributed by atoms with Crippen molar-refractivity contribution < 1.29 is 39.9 Å². The Labute approximate surface area is 221 Å². The van der Waals surface area contributed by atoms with Gasteiger partial charge in [0.15, 0.2) is 5.54 Å². The van der Waals surface area contributed by atoms with Gasteiger partial charge in [-0.2, -0.15) is 26.7 Å². The Balaban J connectivity index is 2.13. The SMILES string of the molecule is COC(=O)C1=C(c2ccccc2)/C(=C\c2ccccc2)C1(NS(=O)(=O)c1ccc(C)cc1)C(F)(F)C(F)(F)F. The molecule has 204 valence electrons. The van der Waals surface area contributed by atoms with Crippen molar-refractivity contribution in [3.05, 3.63) is 113 Å². The molecule has 0 spiro atoms. The largest absolute Gasteiger partial charge is 0.466 e. The second-order valence-electron chi connectivity index (χ2n) is 8.82. The molecular formula is C28H22F5NO4S. The van der Waals surface area contributed by atoms with Crippen LogP contribution in [0.3, 0.4) is 0 Å². The highest BCUT2D eigenvalue weighted by atomic mass is 32.2. The molecule has 1 N–H and O–H groups in total. The summed E-state index contributed by atoms with van der Waals surface area (Å²) in [5.41, 5.74) is -5.15. The molecular weight excluding hydrogens is 541 g/mol. The summed E-state index contributed by atoms with van der Waals surface area (Å²) in [6.07, 6.45) is -5.27. The highest BCUT2D eigenvalue weighted by molar-refractivity contribution is 7.89. The first-order valence-corrected chi connectivity index (χ1v) is 13.0. The van der Waals surface area contributed by atoms with Gasteiger partial charge in [0.05, 0.1) is 17.6 Å². The molecule has 5 nitrogen and oxygen atoms in total. The third kappa shape index (κ3) is 4.76. The van der Waals surface area contributed by atoms with E-state index in [0.29, 0.717) is 5.56 Å². The zero-order valence-corrected chi connectivity index (χ0v) is 21.4. The molecule has 0 saturated carbocycles. The molecule has 0 amide bonds. The fourth-order valence-corrected chi connectivity index (χ4v) is 5.78. The maximum absolute atomic E-state index is 15.8. The topological polar surface area (TPSA) is 72.5 Å². The smallest absolute Gasteiger partial charge is 0.456 e. The molecule has 0 heterocycles. The number of sulfonamides is 1. The monoisotopic (exact) mass is 563 g/mol. The maximum atomic E-state index is 15.8. The van der Waals surface area contributed by atoms with Crippen molar-refractivity contribution in [3.8, 4) is 0 Å². The second kappa shape index (κ2) is 10.0. The fraction of sp³-hybridized carbons (Fsp3) is 0.179. The number of hydrogen-bond acceptors (Lipinski definition) is 4. The molecule has 0 bridgehead atoms. The van der Waals surface area contributed by atoms with Crippen molar-refractivity contribution in [1.29, 1.82) is 0 Å². The molecule has 0 fully saturated rings. The van der Waals surface area contributed by atoms with E-state index in [9.17, 15) is 26.4 Å². The fourth-order valence-electron chi connectivity index (χ4n) is 4.43. The van der Waals surface area contributed by atoms with Gasteiger partial charge >= 0.3 is 18.1 Å². The Morgan fingerprint density at radius 2 is 1.41 bits per heavy atom. The Morgan fingerprint density at radius 1 is 0.872 bits per heavy atom. The van der Waals surface area contributed by atoms with Gasteiger partial charge in [0, 0.05) is 5.57 Å². The summed E-state index contributed by atoms with van der Waals surface area (Å²) in [4.78, 5) is 12.4. The number of esters is 1. The van der Waals surface area contributed by atoms with Gasteiger partial charge < -0.3 is 4.74 Å². The van der Waals surface area contributed by atoms with E-state index in [1.54, 1.807) is 23.8 Å². The van der Waals surface area contributed by atoms with Crippen LogP contribution < -0.4 is 4.72 Å². The van der Waals surface area contributed by atoms with Crippen LogP contribution >= 0.6 is 0 Å². The molecule has 39 heavy (non-hydrogen) atoms. The lowest BCUT2D eigenvalue weighted by atomic mass is 9.60. The van der Waals surface area contributed by atoms with Crippen molar-refractivity contribution in [1.82, 2.24) is 4.72 Å². The van der Waals surface area contributed by atoms with Crippen LogP contribution in [0, 0.1) is 6.92 Å². The first kappa shape index (κ1) is 28.2. The highest BCUT2D eigenvalue weighted by Crippen LogP contribution is 2.61. The second-order valence-corrected chi connectivity index (χ2v) is 10.5. The van der Waals surface area contributed by atoms with E-state index < -0.39 is 49.7 Å². The van der Waals surface area contributed by atoms with E-state index in [1.165, 1.54) is 60.7 Å². The predicted octanol–water partition coefficient (Wildman–Crippen LogP) is 5.93. The van der Waals surface area contributed by atoms with E-state index in [0.717, 1.165) is 25.3 Å². The Kier molecular flexibility index (Phi) is 7.26. The van der Waals surface area contributed by atoms with Gasteiger partial charge in [-0.25, -0.2) is 13.2 Å². The number of halogens is 5. The van der Waals surface area contributed by atoms with Gasteiger partial charge in [0.1, 0.15) is 0 Å². The number of alkyl halides is 5. The Bertz CT molecular complexity index is 1550. The first-order valence-electron chi connectivity index (χ1n) is 11.5. The molecule has 3 aromatic rings. The van der Waals surface area contributed by atoms with E-state index in [2.05, 4.69) is 4.74 Å². The van der Waals surface area contributed by atoms with E-state index in [1.807, 2.05) is 0 Å². The summed E-state index contributed by atoms with van der Waals surface area (Å²) < 4.78 is 107. The molecule has 4 rings (SSSR count). The van der Waals surface area contributed by atoms with Gasteiger partial charge in [0.2, 0.25) is 10.0 Å². The predicted molar refractivity (Wildman–Crippen MR) is 135 cm³/mol. The average Bonchev–Trinajstić information content (AvgIpc) is 2.89. The number of carbonyl (C=O) groups excluding carboxylic acids is 1. The number of benzene rings is 3. The van der Waals surface area contributed by atoms with Crippen LogP contribution in [0.15, 0.2) is 101 Å². The Morgan fingerprint density at radius 3 is 1.92 bits per heavy atom. The third-order valence-electron chi connectivity index (χ3n) is 6.31. The van der Waals surface area contributed by atoms with Crippen LogP contribution in [-0.4, -0.2) is 39.1 Å². The van der Waals surface area contributed by atoms with Crippen LogP contribution in [0.5, 0.6) is 0 Å². The standard InChI is InChI=1S/C28H22F5NO4S/c1-18-13-15-21(16-14-18)39(36,37)34-26(27(29,30)28(31,32)33)22(17-19-9-5-3-6-10-19)23(24(26)25(35)38-2)20-11-7-4-8-12-20/h3-17,34H,1-2H3/b22-17+. The lowest BCUT2D eigenvalue weighted by Crippen LogP contribution is -2.72. The normalized spacial score (nSPS) is 19.1. The molecule has 0 radical (unpaired) electrons. The van der Waals surface area contributed by atoms with Crippen molar-refractivity contribution in [3.63, 3.8) is 0 Å². The minimum atomic E-state index is -6.28. The van der Waals surface area contributed by atoms with Crippen LogP contribution in [-0.2, 0) is 19.6 Å². The zero-order valence-electron chi connectivity index (χ0n) is 20.6. The first-order chi connectivity index (χ1) is 18.3. The summed E-state index contributed by atoms with van der Waals surface area (Å²) in [5, 5.41) is 0. The number of hydrogen-bond donors (Lipinski definition) is 1. The third-order valence-corrected chi connectivity index (χ3v) is 7.77. The van der Waals surface area contributed by atoms with E-state index in [4.69, 9.17) is 0 Å². The number of methoxy groups -OCH3 is 1. The van der Waals surface area contributed by atoms with Crippen LogP contribution in [0.2, 0.25) is 0 Å². The number of carbonyl (C=O) groups is 1. The van der Waals surface area contributed by atoms with Crippen LogP contribution in [0.1, 0.15) is 16.7 Å². The summed E-state index contributed by atoms with van der Waals surface area (Å²) in [7, 11) is -4.25. The van der Waals surface area contributed by atoms with Gasteiger partial charge in [-0.05, 0) is 41.8 Å². The molecule has 11 heteroatoms. The molecule has 1 aliphatic carbocycles. The average molecular weight is 564 g/mol. The van der Waals surface area contributed by atoms with Crippen molar-refractivity contribution in [2.45, 2.75) is 29.5 Å². The molecule has 1 unspecified atom stereocenters. The van der Waals surface area contributed by atoms with Crippen LogP contribution in [0.4, 0.5) is 22.0 Å². The molecule has 0 aromatic heterocycles. The number of aryl methyl sites for hydroxylation is 1. The van der Waals surface area contributed by atoms with E-state index in [-0.39, 0.29) is 16.7 Å². The summed E-state index contributed by atoms with van der Waals surface area (Å²) >= 11 is 0. The number of nitrogens with one attached hydrogen (secondary N) is 1. The van der Waals surface area contributed by atoms with Crippen molar-refractivity contribution in [2.24, 2.45) is 0 Å². The number of ether oxygens (including phenoxy) is 1. The van der Waals surface area contributed by atoms with Crippen molar-refractivity contribution >= 4 is 27.6 Å². The van der Waals surface area contributed by atoms with Crippen LogP contribution in [0.25, 0.3) is 11.6 Å². The quantitative estimate of drug-likeness (QED) is 0.286. The summed E-state index contributed by atoms with van der Waals surface area (Å²) in [5.74, 6) is -7.34. The zero-order chi connectivity index (χ0) is 28.6. The van der Waals surface area contributed by atoms with Gasteiger partial charge in [-0.3, -0.25) is 0 Å². The highest BCUT2D eigenvalue weighted by Gasteiger charge is 2.78. The van der Waals surface area contributed by atoms with E-state index >= 15 is 8.78 Å². The molecule has 3 aromatic carbocycles. The molecule has 1 aliphatic rings. The molecule has 1 atom stereocenters. The lowest BCUT2D eigenvalue weighted by molar-refractivity contribution is -0.300. The minimum Gasteiger partial charge on any atom is -0.466 e. The Hall–Kier alpha value is -3.83. The molecule has 0 saturated heterocycles. The van der Waals surface area contributed by atoms with Crippen molar-refractivity contribution in [2.75, 3.05) is 7.11 Å². The van der Waals surface area contributed by atoms with Gasteiger partial charge in [0.25, 0.3) is 0 Å². The maximum Gasteiger partial charge on any atom is 0.456 e.